The summed E-state index contributed by atoms with van der Waals surface area (Å²) < 4.78 is 17.4. The molecule has 41 heavy (non-hydrogen) atoms. The van der Waals surface area contributed by atoms with E-state index in [9.17, 15) is 24.9 Å². The fraction of sp³-hybridized carbons (Fsp3) is 0.250. The van der Waals surface area contributed by atoms with E-state index in [-0.39, 0.29) is 41.2 Å². The lowest BCUT2D eigenvalue weighted by molar-refractivity contribution is -0.135. The molecule has 3 N–H and O–H groups in total. The van der Waals surface area contributed by atoms with Gasteiger partial charge in [-0.2, -0.15) is 0 Å². The van der Waals surface area contributed by atoms with E-state index >= 15 is 0 Å². The van der Waals surface area contributed by atoms with E-state index in [0.29, 0.717) is 43.2 Å². The van der Waals surface area contributed by atoms with Crippen LogP contribution < -0.4 is 10.2 Å². The molecule has 4 aromatic rings. The average molecular weight is 558 g/mol. The molecule has 1 aliphatic heterocycles. The van der Waals surface area contributed by atoms with E-state index in [1.165, 1.54) is 6.07 Å². The van der Waals surface area contributed by atoms with Crippen LogP contribution in [0.4, 0.5) is 0 Å². The number of ether oxygens (including phenoxy) is 2. The normalized spacial score (nSPS) is 14.1. The minimum atomic E-state index is -0.887. The Morgan fingerprint density at radius 2 is 1.73 bits per heavy atom. The fourth-order valence-electron chi connectivity index (χ4n) is 4.97. The molecule has 5 rings (SSSR count). The first-order valence-electron chi connectivity index (χ1n) is 13.3. The smallest absolute Gasteiger partial charge is 0.223 e. The summed E-state index contributed by atoms with van der Waals surface area (Å²) in [4.78, 5) is 28.5. The van der Waals surface area contributed by atoms with Crippen LogP contribution in [0.3, 0.4) is 0 Å². The van der Waals surface area contributed by atoms with Crippen LogP contribution in [0.1, 0.15) is 30.4 Å². The molecule has 1 aliphatic rings. The zero-order valence-electron chi connectivity index (χ0n) is 22.6. The van der Waals surface area contributed by atoms with E-state index in [2.05, 4.69) is 6.58 Å². The Balaban J connectivity index is 1.73. The first-order valence-corrected chi connectivity index (χ1v) is 13.3. The molecule has 2 heterocycles. The van der Waals surface area contributed by atoms with Crippen molar-refractivity contribution in [3.05, 3.63) is 94.2 Å². The third-order valence-corrected chi connectivity index (χ3v) is 7.03. The zero-order valence-corrected chi connectivity index (χ0v) is 22.6. The van der Waals surface area contributed by atoms with Crippen LogP contribution in [0.2, 0.25) is 0 Å². The molecule has 1 saturated heterocycles. The Morgan fingerprint density at radius 1 is 1.00 bits per heavy atom. The second-order valence-corrected chi connectivity index (χ2v) is 10.1. The third kappa shape index (κ3) is 5.76. The van der Waals surface area contributed by atoms with Gasteiger partial charge >= 0.3 is 0 Å². The molecule has 1 atom stereocenters. The third-order valence-electron chi connectivity index (χ3n) is 7.03. The van der Waals surface area contributed by atoms with E-state index in [0.717, 1.165) is 5.57 Å². The topological polar surface area (TPSA) is 130 Å². The Kier molecular flexibility index (Phi) is 7.98. The van der Waals surface area contributed by atoms with Crippen molar-refractivity contribution in [1.82, 2.24) is 4.90 Å². The molecule has 3 aromatic carbocycles. The van der Waals surface area contributed by atoms with Crippen molar-refractivity contribution in [2.24, 2.45) is 0 Å². The summed E-state index contributed by atoms with van der Waals surface area (Å²) in [5.74, 6) is -2.75. The lowest BCUT2D eigenvalue weighted by Crippen LogP contribution is -2.41. The summed E-state index contributed by atoms with van der Waals surface area (Å²) in [5.41, 5.74) is 1.25. The molecule has 1 unspecified atom stereocenters. The maximum atomic E-state index is 13.6. The fourth-order valence-corrected chi connectivity index (χ4v) is 4.97. The van der Waals surface area contributed by atoms with Gasteiger partial charge in [0.2, 0.25) is 11.7 Å². The minimum absolute atomic E-state index is 0.00356. The van der Waals surface area contributed by atoms with Crippen molar-refractivity contribution in [2.45, 2.75) is 19.3 Å². The SMILES string of the molecule is C=C(C)COc1cccc(C(CC(=O)N2CCOCC2)c2c(O)c(O)c(O)c3c(=O)cc(-c4ccccc4)oc23)c1. The number of fused-ring (bicyclic) bond motifs is 1. The van der Waals surface area contributed by atoms with Gasteiger partial charge in [-0.25, -0.2) is 0 Å². The molecule has 1 amide bonds. The largest absolute Gasteiger partial charge is 0.504 e. The highest BCUT2D eigenvalue weighted by atomic mass is 16.5. The number of morpholine rings is 1. The maximum Gasteiger partial charge on any atom is 0.223 e. The van der Waals surface area contributed by atoms with Crippen LogP contribution in [0.25, 0.3) is 22.3 Å². The van der Waals surface area contributed by atoms with Crippen molar-refractivity contribution >= 4 is 16.9 Å². The Labute approximate surface area is 236 Å². The first kappa shape index (κ1) is 27.8. The Morgan fingerprint density at radius 3 is 2.44 bits per heavy atom. The van der Waals surface area contributed by atoms with E-state index in [4.69, 9.17) is 13.9 Å². The molecule has 0 bridgehead atoms. The highest BCUT2D eigenvalue weighted by Crippen LogP contribution is 2.49. The minimum Gasteiger partial charge on any atom is -0.504 e. The number of hydrogen-bond donors (Lipinski definition) is 3. The number of nitrogens with zero attached hydrogens (tertiary/aromatic N) is 1. The van der Waals surface area contributed by atoms with Crippen LogP contribution in [-0.4, -0.2) is 59.0 Å². The predicted octanol–water partition coefficient (Wildman–Crippen LogP) is 4.91. The monoisotopic (exact) mass is 557 g/mol. The van der Waals surface area contributed by atoms with Crippen molar-refractivity contribution in [1.29, 1.82) is 0 Å². The predicted molar refractivity (Wildman–Crippen MR) is 154 cm³/mol. The van der Waals surface area contributed by atoms with Gasteiger partial charge in [-0.15, -0.1) is 0 Å². The summed E-state index contributed by atoms with van der Waals surface area (Å²) in [6.45, 7) is 7.61. The summed E-state index contributed by atoms with van der Waals surface area (Å²) >= 11 is 0. The highest BCUT2D eigenvalue weighted by molar-refractivity contribution is 5.94. The summed E-state index contributed by atoms with van der Waals surface area (Å²) in [5, 5.41) is 32.4. The van der Waals surface area contributed by atoms with Crippen LogP contribution >= 0.6 is 0 Å². The molecule has 212 valence electrons. The number of carbonyl (C=O) groups is 1. The van der Waals surface area contributed by atoms with Crippen LogP contribution in [0.5, 0.6) is 23.0 Å². The second kappa shape index (κ2) is 11.8. The van der Waals surface area contributed by atoms with Crippen molar-refractivity contribution in [2.75, 3.05) is 32.9 Å². The molecule has 0 radical (unpaired) electrons. The molecule has 0 spiro atoms. The van der Waals surface area contributed by atoms with Gasteiger partial charge in [0.05, 0.1) is 13.2 Å². The molecule has 1 fully saturated rings. The second-order valence-electron chi connectivity index (χ2n) is 10.1. The Bertz CT molecular complexity index is 1650. The summed E-state index contributed by atoms with van der Waals surface area (Å²) in [6.07, 6.45) is -0.129. The summed E-state index contributed by atoms with van der Waals surface area (Å²) in [6, 6.07) is 17.1. The van der Waals surface area contributed by atoms with Gasteiger partial charge in [0, 0.05) is 42.6 Å². The van der Waals surface area contributed by atoms with Gasteiger partial charge < -0.3 is 34.1 Å². The summed E-state index contributed by atoms with van der Waals surface area (Å²) in [7, 11) is 0. The molecule has 9 nitrogen and oxygen atoms in total. The van der Waals surface area contributed by atoms with Gasteiger partial charge in [0.15, 0.2) is 16.9 Å². The van der Waals surface area contributed by atoms with Gasteiger partial charge in [-0.3, -0.25) is 9.59 Å². The van der Waals surface area contributed by atoms with Crippen molar-refractivity contribution in [3.8, 4) is 34.3 Å². The lowest BCUT2D eigenvalue weighted by atomic mass is 9.85. The van der Waals surface area contributed by atoms with Crippen LogP contribution in [0.15, 0.2) is 82.0 Å². The quantitative estimate of drug-likeness (QED) is 0.206. The van der Waals surface area contributed by atoms with Gasteiger partial charge in [-0.05, 0) is 30.2 Å². The number of aromatic hydroxyl groups is 3. The van der Waals surface area contributed by atoms with Gasteiger partial charge in [0.1, 0.15) is 29.1 Å². The van der Waals surface area contributed by atoms with Crippen LogP contribution in [-0.2, 0) is 9.53 Å². The van der Waals surface area contributed by atoms with Crippen molar-refractivity contribution in [3.63, 3.8) is 0 Å². The molecule has 0 saturated carbocycles. The number of amides is 1. The number of phenols is 3. The number of benzene rings is 3. The first-order chi connectivity index (χ1) is 19.7. The molecular formula is C32H31NO8. The zero-order chi connectivity index (χ0) is 29.1. The standard InChI is InChI=1S/C32H31NO8/c1-19(2)18-40-22-10-6-9-21(15-22)23(16-26(35)33-11-13-39-14-12-33)27-29(36)31(38)30(37)28-24(34)17-25(41-32(27)28)20-7-4-3-5-8-20/h3-10,15,17,23,36-38H,1,11-14,16,18H2,2H3. The van der Waals surface area contributed by atoms with Crippen LogP contribution in [0, 0.1) is 0 Å². The highest BCUT2D eigenvalue weighted by Gasteiger charge is 2.32. The number of phenolic OH excluding ortho intramolecular Hbond substituents is 3. The molecule has 1 aromatic heterocycles. The lowest BCUT2D eigenvalue weighted by Gasteiger charge is -2.29. The average Bonchev–Trinajstić information content (AvgIpc) is 2.99. The van der Waals surface area contributed by atoms with E-state index in [1.807, 2.05) is 13.0 Å². The number of hydrogen-bond acceptors (Lipinski definition) is 8. The van der Waals surface area contributed by atoms with Gasteiger partial charge in [0.25, 0.3) is 0 Å². The van der Waals surface area contributed by atoms with Crippen molar-refractivity contribution < 1.29 is 34.0 Å². The van der Waals surface area contributed by atoms with E-state index < -0.39 is 28.6 Å². The van der Waals surface area contributed by atoms with Gasteiger partial charge in [-0.1, -0.05) is 49.0 Å². The number of rotatable bonds is 8. The molecule has 9 heteroatoms. The number of carbonyl (C=O) groups excluding carboxylic acids is 1. The Hall–Kier alpha value is -4.76. The molecule has 0 aliphatic carbocycles. The van der Waals surface area contributed by atoms with E-state index in [1.54, 1.807) is 53.4 Å². The maximum absolute atomic E-state index is 13.6. The molecular weight excluding hydrogens is 526 g/mol.